The van der Waals surface area contributed by atoms with Crippen LogP contribution in [0.25, 0.3) is 126 Å². The van der Waals surface area contributed by atoms with Crippen LogP contribution in [-0.4, -0.2) is 4.40 Å². The molecule has 0 fully saturated rings. The van der Waals surface area contributed by atoms with Crippen molar-refractivity contribution in [1.82, 2.24) is 4.40 Å². The lowest BCUT2D eigenvalue weighted by atomic mass is 9.97. The van der Waals surface area contributed by atoms with Gasteiger partial charge >= 0.3 is 0 Å². The van der Waals surface area contributed by atoms with Crippen LogP contribution in [-0.2, 0) is 0 Å². The largest absolute Gasteiger partial charge is 0.456 e. The Balaban J connectivity index is 0.972. The number of benzene rings is 9. The standard InChI is InChI=1S/C50H27NO2/c1-3-10-46-36(6-1)42-22-30(16-18-48(42)52-46)28-12-14-32-26-44-40(24-34(32)20-28)38-8-5-9-39-41-25-35-21-29(13-15-33(35)27-45(41)51(44)50(38)39)31-17-19-49-43(23-31)37-7-2-4-11-47(37)53-49/h1-27H. The molecule has 0 radical (unpaired) electrons. The smallest absolute Gasteiger partial charge is 0.135 e. The van der Waals surface area contributed by atoms with Crippen LogP contribution in [0.2, 0.25) is 0 Å². The Morgan fingerprint density at radius 1 is 0.283 bits per heavy atom. The molecule has 0 aliphatic rings. The van der Waals surface area contributed by atoms with Gasteiger partial charge in [0.1, 0.15) is 22.3 Å². The maximum absolute atomic E-state index is 6.11. The van der Waals surface area contributed by atoms with E-state index in [1.165, 1.54) is 81.9 Å². The molecule has 0 aliphatic heterocycles. The molecule has 0 unspecified atom stereocenters. The molecule has 244 valence electrons. The summed E-state index contributed by atoms with van der Waals surface area (Å²) in [5.74, 6) is 0. The summed E-state index contributed by atoms with van der Waals surface area (Å²) >= 11 is 0. The average Bonchev–Trinajstić information content (AvgIpc) is 3.95. The first-order chi connectivity index (χ1) is 26.2. The molecule has 0 saturated heterocycles. The van der Waals surface area contributed by atoms with Crippen LogP contribution in [0.1, 0.15) is 0 Å². The summed E-state index contributed by atoms with van der Waals surface area (Å²) in [6.07, 6.45) is 0. The first-order valence-electron chi connectivity index (χ1n) is 18.1. The second kappa shape index (κ2) is 9.81. The van der Waals surface area contributed by atoms with Gasteiger partial charge in [-0.1, -0.05) is 91.0 Å². The molecule has 0 amide bonds. The molecule has 0 aliphatic carbocycles. The van der Waals surface area contributed by atoms with Crippen molar-refractivity contribution in [2.24, 2.45) is 0 Å². The fraction of sp³-hybridized carbons (Fsp3) is 0. The monoisotopic (exact) mass is 673 g/mol. The SMILES string of the molecule is c1ccc2c(c1)oc1ccc(-c3ccc4cc5c(cc4c3)c3cccc4c6cc7cc(-c8ccc9oc%10ccccc%10c9c8)ccc7cc6n5c34)cc12. The number of para-hydroxylation sites is 3. The maximum atomic E-state index is 6.11. The van der Waals surface area contributed by atoms with Crippen molar-refractivity contribution in [2.45, 2.75) is 0 Å². The molecule has 9 aromatic carbocycles. The van der Waals surface area contributed by atoms with E-state index in [1.807, 2.05) is 24.3 Å². The molecule has 0 saturated carbocycles. The molecule has 13 aromatic rings. The number of fused-ring (bicyclic) bond motifs is 14. The number of hydrogen-bond acceptors (Lipinski definition) is 2. The lowest BCUT2D eigenvalue weighted by molar-refractivity contribution is 0.668. The van der Waals surface area contributed by atoms with E-state index in [-0.39, 0.29) is 0 Å². The first-order valence-corrected chi connectivity index (χ1v) is 18.1. The molecule has 13 rings (SSSR count). The van der Waals surface area contributed by atoms with Gasteiger partial charge in [-0.3, -0.25) is 0 Å². The zero-order valence-electron chi connectivity index (χ0n) is 28.4. The van der Waals surface area contributed by atoms with Gasteiger partial charge in [-0.2, -0.15) is 0 Å². The third-order valence-corrected chi connectivity index (χ3v) is 11.7. The van der Waals surface area contributed by atoms with Crippen molar-refractivity contribution in [3.05, 3.63) is 164 Å². The van der Waals surface area contributed by atoms with Gasteiger partial charge in [0, 0.05) is 43.1 Å². The fourth-order valence-corrected chi connectivity index (χ4v) is 9.13. The predicted molar refractivity (Wildman–Crippen MR) is 222 cm³/mol. The minimum absolute atomic E-state index is 0.921. The number of aromatic nitrogens is 1. The number of nitrogens with zero attached hydrogens (tertiary/aromatic N) is 1. The zero-order chi connectivity index (χ0) is 34.4. The Morgan fingerprint density at radius 2 is 0.717 bits per heavy atom. The Hall–Kier alpha value is -7.10. The van der Waals surface area contributed by atoms with Gasteiger partial charge in [0.05, 0.1) is 16.6 Å². The van der Waals surface area contributed by atoms with Crippen molar-refractivity contribution in [1.29, 1.82) is 0 Å². The van der Waals surface area contributed by atoms with Crippen molar-refractivity contribution in [2.75, 3.05) is 0 Å². The molecule has 53 heavy (non-hydrogen) atoms. The summed E-state index contributed by atoms with van der Waals surface area (Å²) in [4.78, 5) is 0. The van der Waals surface area contributed by atoms with Gasteiger partial charge in [-0.05, 0) is 117 Å². The molecule has 3 nitrogen and oxygen atoms in total. The van der Waals surface area contributed by atoms with E-state index in [1.54, 1.807) is 0 Å². The second-order valence-corrected chi connectivity index (χ2v) is 14.5. The summed E-state index contributed by atoms with van der Waals surface area (Å²) in [5, 5.41) is 14.7. The minimum atomic E-state index is 0.921. The van der Waals surface area contributed by atoms with Gasteiger partial charge in [0.25, 0.3) is 0 Å². The topological polar surface area (TPSA) is 30.7 Å². The van der Waals surface area contributed by atoms with Crippen molar-refractivity contribution in [3.8, 4) is 22.3 Å². The molecule has 0 bridgehead atoms. The van der Waals surface area contributed by atoms with Crippen LogP contribution in [0.15, 0.2) is 173 Å². The van der Waals surface area contributed by atoms with Crippen molar-refractivity contribution >= 4 is 104 Å². The fourth-order valence-electron chi connectivity index (χ4n) is 9.13. The van der Waals surface area contributed by atoms with Gasteiger partial charge < -0.3 is 13.2 Å². The highest BCUT2D eigenvalue weighted by Crippen LogP contribution is 2.43. The Labute approximate surface area is 301 Å². The average molecular weight is 674 g/mol. The summed E-state index contributed by atoms with van der Waals surface area (Å²) < 4.78 is 14.7. The van der Waals surface area contributed by atoms with Crippen LogP contribution in [0.3, 0.4) is 0 Å². The summed E-state index contributed by atoms with van der Waals surface area (Å²) in [6.45, 7) is 0. The van der Waals surface area contributed by atoms with Crippen molar-refractivity contribution < 1.29 is 8.83 Å². The number of rotatable bonds is 2. The minimum Gasteiger partial charge on any atom is -0.456 e. The second-order valence-electron chi connectivity index (χ2n) is 14.5. The lowest BCUT2D eigenvalue weighted by Crippen LogP contribution is -1.84. The molecular formula is C50H27NO2. The Kier molecular flexibility index (Phi) is 5.11. The highest BCUT2D eigenvalue weighted by molar-refractivity contribution is 6.26. The summed E-state index contributed by atoms with van der Waals surface area (Å²) in [6, 6.07) is 59.7. The Morgan fingerprint density at radius 3 is 1.25 bits per heavy atom. The Bertz CT molecular complexity index is 3450. The van der Waals surface area contributed by atoms with E-state index < -0.39 is 0 Å². The van der Waals surface area contributed by atoms with Crippen LogP contribution < -0.4 is 0 Å². The van der Waals surface area contributed by atoms with Gasteiger partial charge in [0.15, 0.2) is 0 Å². The molecule has 3 heteroatoms. The zero-order valence-corrected chi connectivity index (χ0v) is 28.4. The highest BCUT2D eigenvalue weighted by Gasteiger charge is 2.19. The van der Waals surface area contributed by atoms with Crippen LogP contribution in [0.5, 0.6) is 0 Å². The molecule has 4 heterocycles. The van der Waals surface area contributed by atoms with Crippen LogP contribution in [0, 0.1) is 0 Å². The molecular weight excluding hydrogens is 647 g/mol. The molecule has 4 aromatic heterocycles. The van der Waals surface area contributed by atoms with E-state index in [0.717, 1.165) is 43.9 Å². The quantitative estimate of drug-likeness (QED) is 0.183. The maximum Gasteiger partial charge on any atom is 0.135 e. The van der Waals surface area contributed by atoms with Gasteiger partial charge in [-0.15, -0.1) is 0 Å². The third kappa shape index (κ3) is 3.73. The summed E-state index contributed by atoms with van der Waals surface area (Å²) in [7, 11) is 0. The molecule has 0 atom stereocenters. The predicted octanol–water partition coefficient (Wildman–Crippen LogP) is 14.3. The third-order valence-electron chi connectivity index (χ3n) is 11.7. The van der Waals surface area contributed by atoms with E-state index in [4.69, 9.17) is 8.83 Å². The van der Waals surface area contributed by atoms with E-state index in [2.05, 4.69) is 144 Å². The molecule has 0 spiro atoms. The lowest BCUT2D eigenvalue weighted by Gasteiger charge is -2.07. The van der Waals surface area contributed by atoms with E-state index >= 15 is 0 Å². The summed E-state index contributed by atoms with van der Waals surface area (Å²) in [5.41, 5.74) is 12.3. The molecule has 0 N–H and O–H groups in total. The number of hydrogen-bond donors (Lipinski definition) is 0. The number of furan rings is 2. The van der Waals surface area contributed by atoms with Gasteiger partial charge in [0.2, 0.25) is 0 Å². The first kappa shape index (κ1) is 27.6. The highest BCUT2D eigenvalue weighted by atomic mass is 16.3. The van der Waals surface area contributed by atoms with E-state index in [0.29, 0.717) is 0 Å². The normalized spacial score (nSPS) is 12.5. The van der Waals surface area contributed by atoms with Crippen LogP contribution >= 0.6 is 0 Å². The van der Waals surface area contributed by atoms with Gasteiger partial charge in [-0.25, -0.2) is 0 Å². The van der Waals surface area contributed by atoms with E-state index in [9.17, 15) is 0 Å². The van der Waals surface area contributed by atoms with Crippen molar-refractivity contribution in [3.63, 3.8) is 0 Å². The van der Waals surface area contributed by atoms with Crippen LogP contribution in [0.4, 0.5) is 0 Å².